The van der Waals surface area contributed by atoms with E-state index >= 15 is 0 Å². The molecule has 0 fully saturated rings. The van der Waals surface area contributed by atoms with E-state index in [-0.39, 0.29) is 5.97 Å². The molecule has 0 amide bonds. The summed E-state index contributed by atoms with van der Waals surface area (Å²) in [6, 6.07) is 11.4. The predicted octanol–water partition coefficient (Wildman–Crippen LogP) is 4.20. The second kappa shape index (κ2) is 7.39. The van der Waals surface area contributed by atoms with E-state index < -0.39 is 0 Å². The van der Waals surface area contributed by atoms with Gasteiger partial charge < -0.3 is 4.74 Å². The number of carbonyl (C=O) groups excluding carboxylic acids is 1. The van der Waals surface area contributed by atoms with Crippen LogP contribution in [-0.2, 0) is 4.79 Å². The van der Waals surface area contributed by atoms with Crippen LogP contribution in [0.3, 0.4) is 0 Å². The molecule has 3 nitrogen and oxygen atoms in total. The maximum Gasteiger partial charge on any atom is 0.311 e. The molecule has 0 aliphatic rings. The first kappa shape index (κ1) is 15.0. The summed E-state index contributed by atoms with van der Waals surface area (Å²) in [5, 5.41) is 0. The molecule has 0 spiro atoms. The maximum absolute atomic E-state index is 11.6. The summed E-state index contributed by atoms with van der Waals surface area (Å²) in [7, 11) is 0. The second-order valence-corrected chi connectivity index (χ2v) is 5.25. The fourth-order valence-corrected chi connectivity index (χ4v) is 1.82. The van der Waals surface area contributed by atoms with Crippen LogP contribution >= 0.6 is 0 Å². The number of carbonyl (C=O) groups is 1. The average Bonchev–Trinajstić information content (AvgIpc) is 2.47. The number of rotatable bonds is 5. The topological polar surface area (TPSA) is 39.2 Å². The van der Waals surface area contributed by atoms with Crippen LogP contribution in [0.25, 0.3) is 12.2 Å². The van der Waals surface area contributed by atoms with Crippen molar-refractivity contribution in [2.45, 2.75) is 20.3 Å². The third-order valence-corrected chi connectivity index (χ3v) is 2.86. The molecule has 2 rings (SSSR count). The van der Waals surface area contributed by atoms with Crippen LogP contribution in [-0.4, -0.2) is 11.0 Å². The van der Waals surface area contributed by atoms with Crippen LogP contribution in [0, 0.1) is 5.92 Å². The van der Waals surface area contributed by atoms with Gasteiger partial charge in [0.1, 0.15) is 5.75 Å². The fraction of sp³-hybridized carbons (Fsp3) is 0.222. The highest BCUT2D eigenvalue weighted by molar-refractivity contribution is 5.73. The highest BCUT2D eigenvalue weighted by atomic mass is 16.5. The number of aromatic nitrogens is 1. The third kappa shape index (κ3) is 5.22. The Labute approximate surface area is 125 Å². The van der Waals surface area contributed by atoms with Crippen LogP contribution in [0.4, 0.5) is 0 Å². The number of pyridine rings is 1. The number of benzene rings is 1. The number of esters is 1. The molecule has 0 aliphatic carbocycles. The number of nitrogens with zero attached hydrogens (tertiary/aromatic N) is 1. The molecule has 2 aromatic rings. The van der Waals surface area contributed by atoms with E-state index in [0.29, 0.717) is 18.1 Å². The first-order chi connectivity index (χ1) is 10.1. The number of hydrogen-bond acceptors (Lipinski definition) is 3. The molecular formula is C18H19NO2. The predicted molar refractivity (Wildman–Crippen MR) is 84.7 cm³/mol. The van der Waals surface area contributed by atoms with Crippen LogP contribution in [0.5, 0.6) is 5.75 Å². The minimum atomic E-state index is -0.190. The molecule has 0 aliphatic heterocycles. The van der Waals surface area contributed by atoms with Gasteiger partial charge in [-0.2, -0.15) is 0 Å². The lowest BCUT2D eigenvalue weighted by molar-refractivity contribution is -0.135. The Morgan fingerprint density at radius 1 is 1.05 bits per heavy atom. The van der Waals surface area contributed by atoms with Crippen molar-refractivity contribution < 1.29 is 9.53 Å². The van der Waals surface area contributed by atoms with Crippen LogP contribution in [0.15, 0.2) is 48.8 Å². The molecular weight excluding hydrogens is 262 g/mol. The smallest absolute Gasteiger partial charge is 0.311 e. The minimum absolute atomic E-state index is 0.190. The Kier molecular flexibility index (Phi) is 5.27. The lowest BCUT2D eigenvalue weighted by Gasteiger charge is -2.06. The van der Waals surface area contributed by atoms with Gasteiger partial charge in [-0.1, -0.05) is 38.1 Å². The Morgan fingerprint density at radius 3 is 2.19 bits per heavy atom. The minimum Gasteiger partial charge on any atom is -0.427 e. The van der Waals surface area contributed by atoms with Crippen molar-refractivity contribution in [3.05, 3.63) is 59.9 Å². The van der Waals surface area contributed by atoms with Crippen LogP contribution < -0.4 is 4.74 Å². The molecule has 0 saturated carbocycles. The first-order valence-electron chi connectivity index (χ1n) is 7.02. The molecule has 0 N–H and O–H groups in total. The monoisotopic (exact) mass is 281 g/mol. The van der Waals surface area contributed by atoms with Crippen molar-refractivity contribution in [1.82, 2.24) is 4.98 Å². The molecule has 0 saturated heterocycles. The summed E-state index contributed by atoms with van der Waals surface area (Å²) < 4.78 is 5.27. The Morgan fingerprint density at radius 2 is 1.62 bits per heavy atom. The van der Waals surface area contributed by atoms with E-state index in [2.05, 4.69) is 4.98 Å². The summed E-state index contributed by atoms with van der Waals surface area (Å²) in [6.07, 6.45) is 7.98. The largest absolute Gasteiger partial charge is 0.427 e. The first-order valence-corrected chi connectivity index (χ1v) is 7.02. The lowest BCUT2D eigenvalue weighted by atomic mass is 10.1. The van der Waals surface area contributed by atoms with Gasteiger partial charge in [-0.25, -0.2) is 0 Å². The van der Waals surface area contributed by atoms with Crippen molar-refractivity contribution in [3.63, 3.8) is 0 Å². The fourth-order valence-electron chi connectivity index (χ4n) is 1.82. The number of hydrogen-bond donors (Lipinski definition) is 0. The molecule has 0 unspecified atom stereocenters. The van der Waals surface area contributed by atoms with Gasteiger partial charge >= 0.3 is 5.97 Å². The van der Waals surface area contributed by atoms with Gasteiger partial charge in [0.05, 0.1) is 0 Å². The SMILES string of the molecule is CC(C)CC(=O)Oc1ccc(/C=C/c2ccncc2)cc1. The molecule has 0 radical (unpaired) electrons. The summed E-state index contributed by atoms with van der Waals surface area (Å²) in [5.74, 6) is 0.701. The normalized spacial score (nSPS) is 11.0. The average molecular weight is 281 g/mol. The molecule has 0 bridgehead atoms. The van der Waals surface area contributed by atoms with Crippen LogP contribution in [0.1, 0.15) is 31.4 Å². The zero-order valence-electron chi connectivity index (χ0n) is 12.3. The van der Waals surface area contributed by atoms with Gasteiger partial charge in [0.25, 0.3) is 0 Å². The zero-order chi connectivity index (χ0) is 15.1. The van der Waals surface area contributed by atoms with Crippen molar-refractivity contribution in [1.29, 1.82) is 0 Å². The van der Waals surface area contributed by atoms with E-state index in [1.54, 1.807) is 12.4 Å². The van der Waals surface area contributed by atoms with Crippen molar-refractivity contribution >= 4 is 18.1 Å². The maximum atomic E-state index is 11.6. The molecule has 1 aromatic carbocycles. The molecule has 1 aromatic heterocycles. The van der Waals surface area contributed by atoms with E-state index in [4.69, 9.17) is 4.74 Å². The van der Waals surface area contributed by atoms with Gasteiger partial charge in [0, 0.05) is 18.8 Å². The van der Waals surface area contributed by atoms with Crippen molar-refractivity contribution in [2.24, 2.45) is 5.92 Å². The summed E-state index contributed by atoms with van der Waals surface area (Å²) in [4.78, 5) is 15.6. The van der Waals surface area contributed by atoms with Gasteiger partial charge in [0.15, 0.2) is 0 Å². The van der Waals surface area contributed by atoms with E-state index in [1.165, 1.54) is 0 Å². The molecule has 3 heteroatoms. The van der Waals surface area contributed by atoms with E-state index in [0.717, 1.165) is 11.1 Å². The third-order valence-electron chi connectivity index (χ3n) is 2.86. The second-order valence-electron chi connectivity index (χ2n) is 5.25. The molecule has 108 valence electrons. The van der Waals surface area contributed by atoms with Crippen molar-refractivity contribution in [2.75, 3.05) is 0 Å². The molecule has 1 heterocycles. The lowest BCUT2D eigenvalue weighted by Crippen LogP contribution is -2.10. The van der Waals surface area contributed by atoms with Crippen LogP contribution in [0.2, 0.25) is 0 Å². The highest BCUT2D eigenvalue weighted by Crippen LogP contribution is 2.15. The van der Waals surface area contributed by atoms with Gasteiger partial charge in [-0.3, -0.25) is 9.78 Å². The number of ether oxygens (including phenoxy) is 1. The standard InChI is InChI=1S/C18H19NO2/c1-14(2)13-18(20)21-17-7-5-15(6-8-17)3-4-16-9-11-19-12-10-16/h3-12,14H,13H2,1-2H3/b4-3+. The Hall–Kier alpha value is -2.42. The Balaban J connectivity index is 1.96. The summed E-state index contributed by atoms with van der Waals surface area (Å²) in [6.45, 7) is 3.99. The highest BCUT2D eigenvalue weighted by Gasteiger charge is 2.07. The van der Waals surface area contributed by atoms with E-state index in [9.17, 15) is 4.79 Å². The van der Waals surface area contributed by atoms with Gasteiger partial charge in [-0.05, 0) is 41.3 Å². The van der Waals surface area contributed by atoms with Gasteiger partial charge in [0.2, 0.25) is 0 Å². The summed E-state index contributed by atoms with van der Waals surface area (Å²) in [5.41, 5.74) is 2.15. The van der Waals surface area contributed by atoms with Crippen molar-refractivity contribution in [3.8, 4) is 5.75 Å². The molecule has 0 atom stereocenters. The van der Waals surface area contributed by atoms with E-state index in [1.807, 2.05) is 62.4 Å². The zero-order valence-corrected chi connectivity index (χ0v) is 12.3. The quantitative estimate of drug-likeness (QED) is 0.609. The Bertz CT molecular complexity index is 601. The summed E-state index contributed by atoms with van der Waals surface area (Å²) >= 11 is 0. The van der Waals surface area contributed by atoms with Gasteiger partial charge in [-0.15, -0.1) is 0 Å². The molecule has 21 heavy (non-hydrogen) atoms.